The van der Waals surface area contributed by atoms with E-state index in [1.54, 1.807) is 6.20 Å². The molecule has 0 unspecified atom stereocenters. The zero-order valence-electron chi connectivity index (χ0n) is 13.4. The van der Waals surface area contributed by atoms with Crippen LogP contribution in [0.15, 0.2) is 17.7 Å². The van der Waals surface area contributed by atoms with E-state index in [4.69, 9.17) is 20.8 Å². The van der Waals surface area contributed by atoms with Gasteiger partial charge in [-0.3, -0.25) is 4.98 Å². The lowest BCUT2D eigenvalue weighted by molar-refractivity contribution is 0.00578. The number of hydrogen-bond donors (Lipinski definition) is 2. The van der Waals surface area contributed by atoms with Crippen LogP contribution in [0.2, 0.25) is 0 Å². The molecule has 4 N–H and O–H groups in total. The van der Waals surface area contributed by atoms with Crippen LogP contribution in [0.3, 0.4) is 0 Å². The number of aryl methyl sites for hydroxylation is 1. The second kappa shape index (κ2) is 5.44. The third-order valence-electron chi connectivity index (χ3n) is 4.29. The van der Waals surface area contributed by atoms with Gasteiger partial charge in [-0.2, -0.15) is 0 Å². The standard InChI is InChI=1S/C15H24BN3O2/c1-10-13(18)7-11(9-19-10)6-12(8-17)16-20-14(2,3)15(4,5)21-16/h6-7,9H,8,17-18H2,1-5H3. The summed E-state index contributed by atoms with van der Waals surface area (Å²) in [7, 11) is -0.442. The van der Waals surface area contributed by atoms with Crippen LogP contribution in [-0.4, -0.2) is 29.8 Å². The highest BCUT2D eigenvalue weighted by atomic mass is 16.7. The van der Waals surface area contributed by atoms with Crippen molar-refractivity contribution < 1.29 is 9.31 Å². The molecule has 0 aliphatic carbocycles. The highest BCUT2D eigenvalue weighted by Gasteiger charge is 2.52. The molecule has 1 fully saturated rings. The Hall–Kier alpha value is -1.37. The van der Waals surface area contributed by atoms with Gasteiger partial charge in [-0.25, -0.2) is 0 Å². The minimum Gasteiger partial charge on any atom is -0.400 e. The van der Waals surface area contributed by atoms with E-state index in [0.29, 0.717) is 12.2 Å². The fourth-order valence-corrected chi connectivity index (χ4v) is 2.08. The lowest BCUT2D eigenvalue weighted by Crippen LogP contribution is -2.41. The highest BCUT2D eigenvalue weighted by Crippen LogP contribution is 2.38. The van der Waals surface area contributed by atoms with Gasteiger partial charge in [0.1, 0.15) is 0 Å². The number of nitrogen functional groups attached to an aromatic ring is 1. The quantitative estimate of drug-likeness (QED) is 0.831. The summed E-state index contributed by atoms with van der Waals surface area (Å²) in [4.78, 5) is 4.26. The molecule has 2 rings (SSSR count). The Labute approximate surface area is 126 Å². The number of pyridine rings is 1. The van der Waals surface area contributed by atoms with Gasteiger partial charge in [-0.05, 0) is 51.7 Å². The predicted octanol–water partition coefficient (Wildman–Crippen LogP) is 1.95. The smallest absolute Gasteiger partial charge is 0.400 e. The van der Waals surface area contributed by atoms with Gasteiger partial charge in [0.05, 0.1) is 22.6 Å². The Bertz CT molecular complexity index is 554. The fourth-order valence-electron chi connectivity index (χ4n) is 2.08. The number of anilines is 1. The van der Waals surface area contributed by atoms with Gasteiger partial charge in [-0.1, -0.05) is 6.08 Å². The second-order valence-corrected chi connectivity index (χ2v) is 6.45. The first-order valence-electron chi connectivity index (χ1n) is 7.14. The first-order valence-corrected chi connectivity index (χ1v) is 7.14. The lowest BCUT2D eigenvalue weighted by atomic mass is 9.77. The van der Waals surface area contributed by atoms with Gasteiger partial charge in [0.2, 0.25) is 0 Å². The molecular formula is C15H24BN3O2. The maximum atomic E-state index is 6.02. The Kier molecular flexibility index (Phi) is 4.15. The number of rotatable bonds is 3. The summed E-state index contributed by atoms with van der Waals surface area (Å²) in [6.45, 7) is 10.3. The van der Waals surface area contributed by atoms with Crippen LogP contribution < -0.4 is 11.5 Å². The van der Waals surface area contributed by atoms with Crippen molar-refractivity contribution in [2.45, 2.75) is 45.8 Å². The number of hydrogen-bond acceptors (Lipinski definition) is 5. The van der Waals surface area contributed by atoms with Crippen molar-refractivity contribution in [3.05, 3.63) is 29.0 Å². The zero-order chi connectivity index (χ0) is 15.8. The zero-order valence-corrected chi connectivity index (χ0v) is 13.4. The summed E-state index contributed by atoms with van der Waals surface area (Å²) < 4.78 is 12.0. The topological polar surface area (TPSA) is 83.4 Å². The Morgan fingerprint density at radius 1 is 1.29 bits per heavy atom. The average molecular weight is 289 g/mol. The minimum atomic E-state index is -0.442. The predicted molar refractivity (Wildman–Crippen MR) is 86.5 cm³/mol. The Morgan fingerprint density at radius 2 is 1.86 bits per heavy atom. The van der Waals surface area contributed by atoms with Gasteiger partial charge in [0.25, 0.3) is 0 Å². The van der Waals surface area contributed by atoms with Gasteiger partial charge in [-0.15, -0.1) is 0 Å². The van der Waals surface area contributed by atoms with E-state index in [0.717, 1.165) is 16.7 Å². The molecule has 6 heteroatoms. The fraction of sp³-hybridized carbons (Fsp3) is 0.533. The highest BCUT2D eigenvalue weighted by molar-refractivity contribution is 6.55. The van der Waals surface area contributed by atoms with Crippen LogP contribution in [0.25, 0.3) is 6.08 Å². The molecule has 0 atom stereocenters. The van der Waals surface area contributed by atoms with E-state index in [1.807, 2.05) is 46.8 Å². The molecule has 1 aromatic rings. The summed E-state index contributed by atoms with van der Waals surface area (Å²) in [6.07, 6.45) is 3.71. The van der Waals surface area contributed by atoms with Gasteiger partial charge >= 0.3 is 7.12 Å². The number of nitrogens with zero attached hydrogens (tertiary/aromatic N) is 1. The summed E-state index contributed by atoms with van der Waals surface area (Å²) in [6, 6.07) is 1.88. The average Bonchev–Trinajstić information content (AvgIpc) is 2.59. The van der Waals surface area contributed by atoms with Gasteiger partial charge < -0.3 is 20.8 Å². The summed E-state index contributed by atoms with van der Waals surface area (Å²) in [5.74, 6) is 0. The molecule has 1 saturated heterocycles. The molecule has 0 radical (unpaired) electrons. The van der Waals surface area contributed by atoms with Crippen LogP contribution in [0, 0.1) is 6.92 Å². The van der Waals surface area contributed by atoms with Crippen molar-refractivity contribution in [1.82, 2.24) is 4.98 Å². The molecule has 114 valence electrons. The van der Waals surface area contributed by atoms with Crippen molar-refractivity contribution in [1.29, 1.82) is 0 Å². The van der Waals surface area contributed by atoms with Crippen molar-refractivity contribution >= 4 is 18.9 Å². The van der Waals surface area contributed by atoms with Crippen molar-refractivity contribution in [2.24, 2.45) is 5.73 Å². The molecule has 2 heterocycles. The van der Waals surface area contributed by atoms with Crippen molar-refractivity contribution in [2.75, 3.05) is 12.3 Å². The monoisotopic (exact) mass is 289 g/mol. The van der Waals surface area contributed by atoms with E-state index >= 15 is 0 Å². The molecule has 5 nitrogen and oxygen atoms in total. The van der Waals surface area contributed by atoms with Crippen LogP contribution in [0.4, 0.5) is 5.69 Å². The normalized spacial score (nSPS) is 20.9. The van der Waals surface area contributed by atoms with E-state index in [2.05, 4.69) is 4.98 Å². The Balaban J connectivity index is 2.28. The molecular weight excluding hydrogens is 265 g/mol. The molecule has 0 saturated carbocycles. The molecule has 0 amide bonds. The molecule has 1 aromatic heterocycles. The van der Waals surface area contributed by atoms with Crippen molar-refractivity contribution in [3.63, 3.8) is 0 Å². The van der Waals surface area contributed by atoms with E-state index in [1.165, 1.54) is 0 Å². The van der Waals surface area contributed by atoms with Crippen LogP contribution in [0.5, 0.6) is 0 Å². The largest absolute Gasteiger partial charge is 0.491 e. The van der Waals surface area contributed by atoms with E-state index in [-0.39, 0.29) is 11.2 Å². The minimum absolute atomic E-state index is 0.352. The SMILES string of the molecule is Cc1ncc(C=C(CN)B2OC(C)(C)C(C)(C)O2)cc1N. The summed E-state index contributed by atoms with van der Waals surface area (Å²) >= 11 is 0. The van der Waals surface area contributed by atoms with E-state index in [9.17, 15) is 0 Å². The maximum absolute atomic E-state index is 6.02. The molecule has 0 spiro atoms. The number of aromatic nitrogens is 1. The van der Waals surface area contributed by atoms with Crippen LogP contribution in [-0.2, 0) is 9.31 Å². The third-order valence-corrected chi connectivity index (χ3v) is 4.29. The summed E-state index contributed by atoms with van der Waals surface area (Å²) in [5.41, 5.74) is 14.2. The summed E-state index contributed by atoms with van der Waals surface area (Å²) in [5, 5.41) is 0. The first-order chi connectivity index (χ1) is 9.66. The number of nitrogens with two attached hydrogens (primary N) is 2. The van der Waals surface area contributed by atoms with Crippen LogP contribution >= 0.6 is 0 Å². The molecule has 21 heavy (non-hydrogen) atoms. The lowest BCUT2D eigenvalue weighted by Gasteiger charge is -2.32. The first kappa shape index (κ1) is 16.0. The van der Waals surface area contributed by atoms with Gasteiger partial charge in [0.15, 0.2) is 0 Å². The molecule has 1 aliphatic heterocycles. The third kappa shape index (κ3) is 3.12. The van der Waals surface area contributed by atoms with Gasteiger partial charge in [0, 0.05) is 12.7 Å². The molecule has 0 aromatic carbocycles. The van der Waals surface area contributed by atoms with Crippen LogP contribution in [0.1, 0.15) is 39.0 Å². The van der Waals surface area contributed by atoms with Crippen molar-refractivity contribution in [3.8, 4) is 0 Å². The maximum Gasteiger partial charge on any atom is 0.491 e. The van der Waals surface area contributed by atoms with E-state index < -0.39 is 7.12 Å². The molecule has 1 aliphatic rings. The molecule has 0 bridgehead atoms. The second-order valence-electron chi connectivity index (χ2n) is 6.45. The Morgan fingerprint density at radius 3 is 2.33 bits per heavy atom.